The van der Waals surface area contributed by atoms with Gasteiger partial charge >= 0.3 is 17.9 Å². The van der Waals surface area contributed by atoms with E-state index in [1.54, 1.807) is 42.6 Å². The smallest absolute Gasteiger partial charge is 0.340 e. The molecule has 8 aromatic rings. The summed E-state index contributed by atoms with van der Waals surface area (Å²) in [6, 6.07) is 22.7. The maximum Gasteiger partial charge on any atom is 0.340 e. The van der Waals surface area contributed by atoms with E-state index in [1.165, 1.54) is 19.9 Å². The van der Waals surface area contributed by atoms with Crippen LogP contribution >= 0.6 is 46.4 Å². The van der Waals surface area contributed by atoms with E-state index >= 15 is 0 Å². The van der Waals surface area contributed by atoms with E-state index in [1.807, 2.05) is 52.5 Å². The number of amides is 1. The number of benzene rings is 4. The van der Waals surface area contributed by atoms with Crippen molar-refractivity contribution < 1.29 is 42.8 Å². The summed E-state index contributed by atoms with van der Waals surface area (Å²) >= 11 is 25.3. The summed E-state index contributed by atoms with van der Waals surface area (Å²) in [5.74, 6) is 0.452. The monoisotopic (exact) mass is 1150 g/mol. The Bertz CT molecular complexity index is 3560. The third-order valence-electron chi connectivity index (χ3n) is 14.8. The molecule has 6 heterocycles. The molecule has 4 aromatic carbocycles. The van der Waals surface area contributed by atoms with E-state index in [4.69, 9.17) is 70.0 Å². The average molecular weight is 1150 g/mol. The summed E-state index contributed by atoms with van der Waals surface area (Å²) in [5, 5.41) is 24.4. The number of aryl methyl sites for hydroxylation is 2. The van der Waals surface area contributed by atoms with E-state index in [-0.39, 0.29) is 36.6 Å². The molecule has 2 N–H and O–H groups in total. The number of hydrogen-bond donors (Lipinski definition) is 2. The van der Waals surface area contributed by atoms with Crippen LogP contribution in [0.1, 0.15) is 80.9 Å². The molecular formula is C58H58Cl4N8O9. The van der Waals surface area contributed by atoms with Crippen LogP contribution in [0.25, 0.3) is 44.3 Å². The fraction of sp³-hybridized carbons (Fsp3) is 0.345. The quantitative estimate of drug-likeness (QED) is 0.110. The molecule has 12 rings (SSSR count). The molecule has 79 heavy (non-hydrogen) atoms. The van der Waals surface area contributed by atoms with Crippen molar-refractivity contribution in [2.24, 2.45) is 14.1 Å². The Labute approximate surface area is 475 Å². The van der Waals surface area contributed by atoms with E-state index in [0.717, 1.165) is 90.7 Å². The number of aromatic nitrogens is 4. The number of ether oxygens (including phenoxy) is 2. The standard InChI is InChI=1S/C29H28Cl2N4O4.C15H19N3O2.C14H11Cl2NO3/c1-33-16-21(29(37)38-2)19-9-8-18(14-24(19)33)34-10-12-35(13-11-34)25(36)15-20-27(32-39-28(20)17-6-7-17)26-22(30)4-3-5-23(26)31;1-17-10-13(15(19)20-2)12-4-3-11(9-14(12)17)18-7-5-16-6-8-18;15-9-2-1-3-10(16)12(9)13-8(6-11(18)19)14(20-17-13)7-4-5-7/h3-5,8-9,14,16-17H,6-7,10-13,15H2,1-2H3;3-4,9-10,16H,5-8H2,1-2H3;1-3,7H,4-6H2,(H,18,19). The molecule has 0 spiro atoms. The predicted molar refractivity (Wildman–Crippen MR) is 305 cm³/mol. The Balaban J connectivity index is 0.000000148. The van der Waals surface area contributed by atoms with Crippen molar-refractivity contribution in [1.29, 1.82) is 0 Å². The van der Waals surface area contributed by atoms with Crippen LogP contribution < -0.4 is 15.1 Å². The zero-order valence-electron chi connectivity index (χ0n) is 44.0. The van der Waals surface area contributed by atoms with Gasteiger partial charge in [0.2, 0.25) is 5.91 Å². The number of esters is 2. The molecule has 2 saturated carbocycles. The van der Waals surface area contributed by atoms with Crippen LogP contribution in [0.3, 0.4) is 0 Å². The van der Waals surface area contributed by atoms with Crippen molar-refractivity contribution in [2.45, 2.75) is 50.4 Å². The number of aliphatic carboxylic acids is 1. The first kappa shape index (κ1) is 55.3. The van der Waals surface area contributed by atoms with Gasteiger partial charge in [-0.15, -0.1) is 0 Å². The van der Waals surface area contributed by atoms with Gasteiger partial charge in [-0.2, -0.15) is 0 Å². The molecule has 4 fully saturated rings. The van der Waals surface area contributed by atoms with Crippen LogP contribution in [0.15, 0.2) is 94.2 Å². The molecule has 2 aliphatic heterocycles. The van der Waals surface area contributed by atoms with Gasteiger partial charge in [0.25, 0.3) is 0 Å². The molecule has 17 nitrogen and oxygen atoms in total. The van der Waals surface area contributed by atoms with E-state index in [0.29, 0.717) is 97.2 Å². The topological polar surface area (TPSA) is 191 Å². The fourth-order valence-electron chi connectivity index (χ4n) is 10.4. The van der Waals surface area contributed by atoms with Gasteiger partial charge in [0.05, 0.1) is 69.3 Å². The zero-order valence-corrected chi connectivity index (χ0v) is 47.0. The Morgan fingerprint density at radius 1 is 0.608 bits per heavy atom. The normalized spacial score (nSPS) is 15.4. The lowest BCUT2D eigenvalue weighted by atomic mass is 10.0. The summed E-state index contributed by atoms with van der Waals surface area (Å²) in [6.45, 7) is 6.66. The van der Waals surface area contributed by atoms with Crippen LogP contribution in [-0.4, -0.2) is 120 Å². The first-order valence-electron chi connectivity index (χ1n) is 26.0. The van der Waals surface area contributed by atoms with Crippen molar-refractivity contribution in [3.63, 3.8) is 0 Å². The number of carbonyl (C=O) groups excluding carboxylic acids is 3. The first-order chi connectivity index (χ1) is 38.1. The molecule has 0 bridgehead atoms. The van der Waals surface area contributed by atoms with Gasteiger partial charge < -0.3 is 52.8 Å². The van der Waals surface area contributed by atoms with Gasteiger partial charge in [0.15, 0.2) is 0 Å². The van der Waals surface area contributed by atoms with E-state index < -0.39 is 5.97 Å². The van der Waals surface area contributed by atoms with Gasteiger partial charge in [-0.1, -0.05) is 68.8 Å². The molecule has 4 aliphatic rings. The zero-order chi connectivity index (χ0) is 55.6. The Morgan fingerprint density at radius 3 is 1.43 bits per heavy atom. The second-order valence-electron chi connectivity index (χ2n) is 20.0. The summed E-state index contributed by atoms with van der Waals surface area (Å²) in [4.78, 5) is 55.0. The largest absolute Gasteiger partial charge is 0.481 e. The lowest BCUT2D eigenvalue weighted by molar-refractivity contribution is -0.136. The van der Waals surface area contributed by atoms with Gasteiger partial charge in [0.1, 0.15) is 22.9 Å². The van der Waals surface area contributed by atoms with Crippen molar-refractivity contribution in [3.8, 4) is 22.5 Å². The van der Waals surface area contributed by atoms with Gasteiger partial charge in [-0.25, -0.2) is 9.59 Å². The molecule has 1 amide bonds. The third-order valence-corrected chi connectivity index (χ3v) is 16.1. The number of hydrogen-bond acceptors (Lipinski definition) is 13. The number of nitrogens with zero attached hydrogens (tertiary/aromatic N) is 7. The number of anilines is 2. The van der Waals surface area contributed by atoms with Crippen molar-refractivity contribution >= 4 is 103 Å². The number of halogens is 4. The lowest BCUT2D eigenvalue weighted by Gasteiger charge is -2.36. The maximum absolute atomic E-state index is 13.5. The number of carboxylic acid groups (broad SMARTS) is 1. The Morgan fingerprint density at radius 2 is 1.03 bits per heavy atom. The Kier molecular flexibility index (Phi) is 16.6. The number of methoxy groups -OCH3 is 2. The van der Waals surface area contributed by atoms with Crippen molar-refractivity contribution in [1.82, 2.24) is 29.7 Å². The molecular weight excluding hydrogens is 1090 g/mol. The SMILES string of the molecule is COC(=O)c1cn(C)c2cc(N3CCN(C(=O)Cc4c(-c5c(Cl)cccc5Cl)noc4C4CC4)CC3)ccc12.COC(=O)c1cn(C)c2cc(N3CCNCC3)ccc12.O=C(O)Cc1c(-c2c(Cl)cccc2Cl)noc1C1CC1. The average Bonchev–Trinajstić information content (AvgIpc) is 4.53. The minimum atomic E-state index is -0.931. The van der Waals surface area contributed by atoms with Crippen LogP contribution in [0, 0.1) is 0 Å². The van der Waals surface area contributed by atoms with Crippen molar-refractivity contribution in [3.05, 3.63) is 139 Å². The predicted octanol–water partition coefficient (Wildman–Crippen LogP) is 11.2. The summed E-state index contributed by atoms with van der Waals surface area (Å²) in [6.07, 6.45) is 7.72. The highest BCUT2D eigenvalue weighted by Gasteiger charge is 2.36. The molecule has 0 radical (unpaired) electrons. The van der Waals surface area contributed by atoms with Crippen LogP contribution in [0.5, 0.6) is 0 Å². The highest BCUT2D eigenvalue weighted by atomic mass is 35.5. The molecule has 2 saturated heterocycles. The number of piperazine rings is 2. The fourth-order valence-corrected chi connectivity index (χ4v) is 11.5. The number of fused-ring (bicyclic) bond motifs is 2. The van der Waals surface area contributed by atoms with Crippen molar-refractivity contribution in [2.75, 3.05) is 76.4 Å². The molecule has 0 atom stereocenters. The first-order valence-corrected chi connectivity index (χ1v) is 27.6. The van der Waals surface area contributed by atoms with E-state index in [9.17, 15) is 19.2 Å². The van der Waals surface area contributed by atoms with Crippen LogP contribution in [-0.2, 0) is 46.0 Å². The highest BCUT2D eigenvalue weighted by molar-refractivity contribution is 6.39. The van der Waals surface area contributed by atoms with Crippen LogP contribution in [0.2, 0.25) is 20.1 Å². The second kappa shape index (κ2) is 23.7. The highest BCUT2D eigenvalue weighted by Crippen LogP contribution is 2.47. The number of carbonyl (C=O) groups is 4. The molecule has 4 aromatic heterocycles. The molecule has 412 valence electrons. The second-order valence-corrected chi connectivity index (χ2v) is 21.7. The summed E-state index contributed by atoms with van der Waals surface area (Å²) in [5.41, 5.74) is 8.94. The lowest BCUT2D eigenvalue weighted by Crippen LogP contribution is -2.49. The maximum atomic E-state index is 13.5. The van der Waals surface area contributed by atoms with Gasteiger partial charge in [-0.05, 0) is 86.3 Å². The Hall–Kier alpha value is -7.02. The number of nitrogens with one attached hydrogen (secondary N) is 1. The summed E-state index contributed by atoms with van der Waals surface area (Å²) < 4.78 is 24.8. The van der Waals surface area contributed by atoms with Gasteiger partial charge in [0, 0.05) is 135 Å². The van der Waals surface area contributed by atoms with Gasteiger partial charge in [-0.3, -0.25) is 9.59 Å². The van der Waals surface area contributed by atoms with Crippen LogP contribution in [0.4, 0.5) is 11.4 Å². The number of rotatable bonds is 12. The number of carboxylic acids is 1. The molecule has 0 unspecified atom stereocenters. The summed E-state index contributed by atoms with van der Waals surface area (Å²) in [7, 11) is 6.67. The van der Waals surface area contributed by atoms with E-state index in [2.05, 4.69) is 43.6 Å². The minimum absolute atomic E-state index is 0.0322. The molecule has 21 heteroatoms. The third kappa shape index (κ3) is 11.8. The minimum Gasteiger partial charge on any atom is -0.481 e. The molecule has 2 aliphatic carbocycles.